The summed E-state index contributed by atoms with van der Waals surface area (Å²) in [7, 11) is -4.34. The first kappa shape index (κ1) is 19.8. The van der Waals surface area contributed by atoms with Crippen LogP contribution >= 0.6 is 34.8 Å². The van der Waals surface area contributed by atoms with Crippen molar-refractivity contribution in [2.45, 2.75) is 35.6 Å². The second kappa shape index (κ2) is 8.93. The monoisotopic (exact) mass is 364 g/mol. The Bertz CT molecular complexity index is 456. The lowest BCUT2D eigenvalue weighted by Gasteiger charge is -2.22. The Hall–Kier alpha value is -0.230. The van der Waals surface area contributed by atoms with E-state index in [0.29, 0.717) is 19.4 Å². The van der Waals surface area contributed by atoms with E-state index in [1.54, 1.807) is 0 Å². The van der Waals surface area contributed by atoms with Gasteiger partial charge in [-0.2, -0.15) is 8.42 Å². The van der Waals surface area contributed by atoms with Crippen molar-refractivity contribution in [2.24, 2.45) is 5.14 Å². The van der Waals surface area contributed by atoms with Crippen molar-refractivity contribution in [1.29, 1.82) is 0 Å². The molecule has 0 heterocycles. The van der Waals surface area contributed by atoms with Gasteiger partial charge in [-0.1, -0.05) is 34.8 Å². The minimum Gasteiger partial charge on any atom is -0.356 e. The first-order valence-corrected chi connectivity index (χ1v) is 8.14. The van der Waals surface area contributed by atoms with Crippen molar-refractivity contribution in [3.05, 3.63) is 0 Å². The molecule has 0 spiro atoms. The third-order valence-electron chi connectivity index (χ3n) is 2.06. The number of alkyl halides is 3. The van der Waals surface area contributed by atoms with Gasteiger partial charge in [0, 0.05) is 13.0 Å². The quantitative estimate of drug-likeness (QED) is 0.384. The number of hydrogen-bond acceptors (Lipinski definition) is 4. The van der Waals surface area contributed by atoms with Gasteiger partial charge in [-0.15, -0.1) is 12.3 Å². The van der Waals surface area contributed by atoms with Gasteiger partial charge in [-0.3, -0.25) is 4.79 Å². The number of nitrogens with two attached hydrogens (primary N) is 1. The van der Waals surface area contributed by atoms with Crippen LogP contribution in [-0.2, 0) is 19.3 Å². The molecule has 0 unspecified atom stereocenters. The third-order valence-corrected chi connectivity index (χ3v) is 3.29. The summed E-state index contributed by atoms with van der Waals surface area (Å²) in [5.41, 5.74) is 0. The van der Waals surface area contributed by atoms with Crippen LogP contribution in [0.1, 0.15) is 25.7 Å². The Balaban J connectivity index is 4.31. The molecule has 10 heteroatoms. The van der Waals surface area contributed by atoms with Gasteiger partial charge in [0.15, 0.2) is 0 Å². The summed E-state index contributed by atoms with van der Waals surface area (Å²) in [6.07, 6.45) is 5.17. The second-order valence-corrected chi connectivity index (χ2v) is 7.38. The minimum absolute atomic E-state index is 0.377. The number of halogens is 3. The predicted octanol–water partition coefficient (Wildman–Crippen LogP) is 1.26. The van der Waals surface area contributed by atoms with Crippen LogP contribution in [0, 0.1) is 12.3 Å². The van der Waals surface area contributed by atoms with E-state index in [1.807, 2.05) is 0 Å². The van der Waals surface area contributed by atoms with Gasteiger partial charge in [0.1, 0.15) is 6.10 Å². The number of amides is 1. The van der Waals surface area contributed by atoms with E-state index in [1.165, 1.54) is 0 Å². The fraction of sp³-hybridized carbons (Fsp3) is 0.700. The SMILES string of the molecule is C#CCCCCNC(=O)C[C@H](OS(N)(=O)=O)C(Cl)(Cl)Cl. The lowest BCUT2D eigenvalue weighted by molar-refractivity contribution is -0.122. The molecule has 0 saturated heterocycles. The Labute approximate surface area is 133 Å². The van der Waals surface area contributed by atoms with Crippen LogP contribution in [0.4, 0.5) is 0 Å². The van der Waals surface area contributed by atoms with Gasteiger partial charge in [-0.25, -0.2) is 9.32 Å². The number of carbonyl (C=O) groups excluding carboxylic acids is 1. The summed E-state index contributed by atoms with van der Waals surface area (Å²) in [6.45, 7) is 0.377. The molecule has 1 atom stereocenters. The Morgan fingerprint density at radius 2 is 2.00 bits per heavy atom. The van der Waals surface area contributed by atoms with Crippen LogP contribution in [0.5, 0.6) is 0 Å². The van der Waals surface area contributed by atoms with Crippen LogP contribution in [0.2, 0.25) is 0 Å². The standard InChI is InChI=1S/C10H15Cl3N2O4S/c1-2-3-4-5-6-15-9(16)7-8(10(11,12)13)19-20(14,17)18/h1,8H,3-7H2,(H,15,16)(H2,14,17,18)/t8-/m0/s1. The summed E-state index contributed by atoms with van der Waals surface area (Å²) in [4.78, 5) is 11.6. The molecular formula is C10H15Cl3N2O4S. The van der Waals surface area contributed by atoms with Crippen molar-refractivity contribution < 1.29 is 17.4 Å². The van der Waals surface area contributed by atoms with Gasteiger partial charge in [0.2, 0.25) is 9.70 Å². The van der Waals surface area contributed by atoms with Crippen LogP contribution < -0.4 is 10.5 Å². The molecule has 3 N–H and O–H groups in total. The molecule has 0 rings (SSSR count). The smallest absolute Gasteiger partial charge is 0.333 e. The highest BCUT2D eigenvalue weighted by Gasteiger charge is 2.38. The molecule has 0 aromatic rings. The zero-order valence-corrected chi connectivity index (χ0v) is 13.5. The van der Waals surface area contributed by atoms with Crippen molar-refractivity contribution >= 4 is 51.0 Å². The average Bonchev–Trinajstić information content (AvgIpc) is 2.25. The Kier molecular flexibility index (Phi) is 8.82. The van der Waals surface area contributed by atoms with Gasteiger partial charge >= 0.3 is 10.3 Å². The topological polar surface area (TPSA) is 98.5 Å². The molecule has 6 nitrogen and oxygen atoms in total. The zero-order valence-electron chi connectivity index (χ0n) is 10.4. The molecule has 116 valence electrons. The Morgan fingerprint density at radius 1 is 1.40 bits per heavy atom. The Morgan fingerprint density at radius 3 is 2.45 bits per heavy atom. The molecule has 0 fully saturated rings. The summed E-state index contributed by atoms with van der Waals surface area (Å²) in [5.74, 6) is 1.95. The molecule has 0 aromatic carbocycles. The molecular weight excluding hydrogens is 351 g/mol. The van der Waals surface area contributed by atoms with Crippen molar-refractivity contribution in [3.63, 3.8) is 0 Å². The number of terminal acetylenes is 1. The molecule has 0 saturated carbocycles. The van der Waals surface area contributed by atoms with Crippen LogP contribution in [-0.4, -0.2) is 30.8 Å². The summed E-state index contributed by atoms with van der Waals surface area (Å²) in [5, 5.41) is 7.22. The molecule has 0 aliphatic rings. The maximum Gasteiger partial charge on any atom is 0.333 e. The lowest BCUT2D eigenvalue weighted by atomic mass is 10.2. The van der Waals surface area contributed by atoms with Gasteiger partial charge in [-0.05, 0) is 12.8 Å². The van der Waals surface area contributed by atoms with E-state index in [9.17, 15) is 13.2 Å². The van der Waals surface area contributed by atoms with E-state index in [0.717, 1.165) is 6.42 Å². The summed E-state index contributed by atoms with van der Waals surface area (Å²) in [6, 6.07) is 0. The van der Waals surface area contributed by atoms with E-state index in [-0.39, 0.29) is 0 Å². The maximum atomic E-state index is 11.6. The first-order valence-electron chi connectivity index (χ1n) is 5.54. The zero-order chi connectivity index (χ0) is 15.8. The largest absolute Gasteiger partial charge is 0.356 e. The molecule has 0 radical (unpaired) electrons. The van der Waals surface area contributed by atoms with Gasteiger partial charge in [0.05, 0.1) is 6.42 Å². The highest BCUT2D eigenvalue weighted by atomic mass is 35.6. The molecule has 0 bridgehead atoms. The van der Waals surface area contributed by atoms with Crippen molar-refractivity contribution in [2.75, 3.05) is 6.54 Å². The molecule has 20 heavy (non-hydrogen) atoms. The van der Waals surface area contributed by atoms with E-state index >= 15 is 0 Å². The maximum absolute atomic E-state index is 11.6. The number of hydrogen-bond donors (Lipinski definition) is 2. The van der Waals surface area contributed by atoms with Gasteiger partial charge in [0.25, 0.3) is 0 Å². The first-order chi connectivity index (χ1) is 9.06. The average molecular weight is 366 g/mol. The number of nitrogens with one attached hydrogen (secondary N) is 1. The highest BCUT2D eigenvalue weighted by molar-refractivity contribution is 7.84. The predicted molar refractivity (Wildman–Crippen MR) is 78.6 cm³/mol. The van der Waals surface area contributed by atoms with Crippen molar-refractivity contribution in [1.82, 2.24) is 5.32 Å². The molecule has 0 aliphatic carbocycles. The number of carbonyl (C=O) groups is 1. The fourth-order valence-electron chi connectivity index (χ4n) is 1.19. The van der Waals surface area contributed by atoms with E-state index in [2.05, 4.69) is 20.6 Å². The number of unbranched alkanes of at least 4 members (excludes halogenated alkanes) is 2. The molecule has 1 amide bonds. The lowest BCUT2D eigenvalue weighted by Crippen LogP contribution is -2.39. The van der Waals surface area contributed by atoms with Crippen LogP contribution in [0.15, 0.2) is 0 Å². The highest BCUT2D eigenvalue weighted by Crippen LogP contribution is 2.34. The fourth-order valence-corrected chi connectivity index (χ4v) is 2.25. The van der Waals surface area contributed by atoms with Crippen LogP contribution in [0.25, 0.3) is 0 Å². The summed E-state index contributed by atoms with van der Waals surface area (Å²) >= 11 is 16.6. The van der Waals surface area contributed by atoms with E-state index < -0.39 is 32.5 Å². The molecule has 0 aromatic heterocycles. The normalized spacial score (nSPS) is 13.6. The third kappa shape index (κ3) is 10.5. The minimum atomic E-state index is -4.34. The molecule has 0 aliphatic heterocycles. The van der Waals surface area contributed by atoms with Gasteiger partial charge < -0.3 is 5.32 Å². The van der Waals surface area contributed by atoms with Crippen LogP contribution in [0.3, 0.4) is 0 Å². The second-order valence-electron chi connectivity index (χ2n) is 3.83. The number of rotatable bonds is 8. The summed E-state index contributed by atoms with van der Waals surface area (Å²) < 4.78 is 23.9. The van der Waals surface area contributed by atoms with Crippen molar-refractivity contribution in [3.8, 4) is 12.3 Å². The van der Waals surface area contributed by atoms with E-state index in [4.69, 9.17) is 41.2 Å².